The maximum absolute atomic E-state index is 7.67. The average Bonchev–Trinajstić information content (AvgIpc) is 2.94. The van der Waals surface area contributed by atoms with Crippen molar-refractivity contribution in [3.05, 3.63) is 203 Å². The van der Waals surface area contributed by atoms with Crippen molar-refractivity contribution in [3.8, 4) is 11.1 Å². The van der Waals surface area contributed by atoms with Crippen molar-refractivity contribution in [3.63, 3.8) is 0 Å². The zero-order valence-electron chi connectivity index (χ0n) is 49.3. The molecule has 0 bridgehead atoms. The van der Waals surface area contributed by atoms with Gasteiger partial charge in [0.2, 0.25) is 5.88 Å². The van der Waals surface area contributed by atoms with E-state index in [2.05, 4.69) is 281 Å². The van der Waals surface area contributed by atoms with Crippen LogP contribution in [-0.2, 0) is 32.5 Å². The Hall–Kier alpha value is -7.24. The van der Waals surface area contributed by atoms with E-state index >= 15 is 0 Å². The van der Waals surface area contributed by atoms with Crippen molar-refractivity contribution in [2.75, 3.05) is 14.7 Å². The lowest BCUT2D eigenvalue weighted by Gasteiger charge is -2.47. The summed E-state index contributed by atoms with van der Waals surface area (Å²) in [6, 6.07) is 64.8. The Balaban J connectivity index is 1.18. The van der Waals surface area contributed by atoms with Crippen LogP contribution in [0.15, 0.2) is 174 Å². The molecule has 2 aliphatic heterocycles. The van der Waals surface area contributed by atoms with Gasteiger partial charge in [-0.05, 0) is 193 Å². The van der Waals surface area contributed by atoms with Gasteiger partial charge in [0.1, 0.15) is 5.58 Å². The zero-order chi connectivity index (χ0) is 55.3. The molecule has 0 N–H and O–H groups in total. The van der Waals surface area contributed by atoms with Crippen LogP contribution < -0.4 is 31.1 Å². The number of rotatable bonds is 6. The third-order valence-electron chi connectivity index (χ3n) is 19.1. The smallest absolute Gasteiger partial charge is 0.257 e. The molecule has 0 saturated carbocycles. The molecule has 0 saturated heterocycles. The zero-order valence-corrected chi connectivity index (χ0v) is 49.3. The van der Waals surface area contributed by atoms with Crippen LogP contribution in [0.3, 0.4) is 0 Å². The SMILES string of the molecule is CC(C)(C)c1ccc(N2c3cc(C(C)(C)C)cc4c3B(c3cc5c(cc3N4c3ccc(N(c4ccccc4)c4ccccc4)cc3-c3ccccc3)C(C)(C)CCC5(C)C)c3c2oc2cc4c(cc32)C(C)(C)CCC4(C)C)cc1. The highest BCUT2D eigenvalue weighted by molar-refractivity contribution is 7.01. The predicted octanol–water partition coefficient (Wildman–Crippen LogP) is 18.9. The van der Waals surface area contributed by atoms with Gasteiger partial charge in [-0.3, -0.25) is 4.90 Å². The molecule has 3 heterocycles. The summed E-state index contributed by atoms with van der Waals surface area (Å²) in [5.41, 5.74) is 24.6. The molecule has 398 valence electrons. The van der Waals surface area contributed by atoms with Gasteiger partial charge in [0, 0.05) is 56.2 Å². The minimum Gasteiger partial charge on any atom is -0.440 e. The third-order valence-corrected chi connectivity index (χ3v) is 19.1. The number of hydrogen-bond acceptors (Lipinski definition) is 4. The lowest BCUT2D eigenvalue weighted by atomic mass is 9.33. The molecule has 13 rings (SSSR count). The van der Waals surface area contributed by atoms with E-state index in [1.165, 1.54) is 83.3 Å². The number of benzene rings is 8. The molecular weight excluding hydrogens is 958 g/mol. The van der Waals surface area contributed by atoms with E-state index in [9.17, 15) is 0 Å². The monoisotopic (exact) mass is 1040 g/mol. The van der Waals surface area contributed by atoms with Gasteiger partial charge in [-0.15, -0.1) is 0 Å². The van der Waals surface area contributed by atoms with Crippen LogP contribution in [-0.4, -0.2) is 6.71 Å². The number of para-hydroxylation sites is 2. The Morgan fingerprint density at radius 2 is 0.924 bits per heavy atom. The molecule has 1 aromatic heterocycles. The predicted molar refractivity (Wildman–Crippen MR) is 338 cm³/mol. The van der Waals surface area contributed by atoms with E-state index in [0.717, 1.165) is 65.6 Å². The number of nitrogens with zero attached hydrogens (tertiary/aromatic N) is 3. The largest absolute Gasteiger partial charge is 0.440 e. The molecule has 0 radical (unpaired) electrons. The topological polar surface area (TPSA) is 22.9 Å². The van der Waals surface area contributed by atoms with Gasteiger partial charge < -0.3 is 14.2 Å². The average molecular weight is 1040 g/mol. The van der Waals surface area contributed by atoms with Gasteiger partial charge in [-0.1, -0.05) is 182 Å². The molecule has 0 fully saturated rings. The van der Waals surface area contributed by atoms with Crippen molar-refractivity contribution in [1.29, 1.82) is 0 Å². The van der Waals surface area contributed by atoms with Gasteiger partial charge in [0.15, 0.2) is 0 Å². The Morgan fingerprint density at radius 1 is 0.430 bits per heavy atom. The number of fused-ring (bicyclic) bond motifs is 8. The van der Waals surface area contributed by atoms with E-state index in [1.54, 1.807) is 0 Å². The van der Waals surface area contributed by atoms with Crippen molar-refractivity contribution in [2.45, 2.75) is 155 Å². The van der Waals surface area contributed by atoms with Gasteiger partial charge >= 0.3 is 0 Å². The summed E-state index contributed by atoms with van der Waals surface area (Å²) in [5, 5.41) is 1.23. The van der Waals surface area contributed by atoms with Crippen LogP contribution >= 0.6 is 0 Å². The summed E-state index contributed by atoms with van der Waals surface area (Å²) in [7, 11) is 0. The van der Waals surface area contributed by atoms with Crippen molar-refractivity contribution in [1.82, 2.24) is 0 Å². The van der Waals surface area contributed by atoms with E-state index < -0.39 is 0 Å². The summed E-state index contributed by atoms with van der Waals surface area (Å²) < 4.78 is 7.67. The van der Waals surface area contributed by atoms with Gasteiger partial charge in [0.25, 0.3) is 6.71 Å². The van der Waals surface area contributed by atoms with Crippen LogP contribution in [0.2, 0.25) is 0 Å². The first kappa shape index (κ1) is 51.2. The molecule has 8 aromatic carbocycles. The Morgan fingerprint density at radius 3 is 1.47 bits per heavy atom. The molecule has 0 amide bonds. The summed E-state index contributed by atoms with van der Waals surface area (Å²) in [6.07, 6.45) is 4.54. The number of hydrogen-bond donors (Lipinski definition) is 0. The summed E-state index contributed by atoms with van der Waals surface area (Å²) in [5.74, 6) is 0.930. The van der Waals surface area contributed by atoms with Crippen LogP contribution in [0.25, 0.3) is 22.1 Å². The molecule has 2 aliphatic carbocycles. The summed E-state index contributed by atoms with van der Waals surface area (Å²) in [4.78, 5) is 7.60. The molecule has 0 spiro atoms. The molecule has 0 atom stereocenters. The first-order chi connectivity index (χ1) is 37.4. The highest BCUT2D eigenvalue weighted by Gasteiger charge is 2.50. The second kappa shape index (κ2) is 17.6. The Kier molecular flexibility index (Phi) is 11.4. The van der Waals surface area contributed by atoms with Crippen LogP contribution in [0.4, 0.5) is 51.4 Å². The van der Waals surface area contributed by atoms with Crippen LogP contribution in [0, 0.1) is 0 Å². The highest BCUT2D eigenvalue weighted by Crippen LogP contribution is 2.55. The first-order valence-corrected chi connectivity index (χ1v) is 29.2. The molecule has 4 aliphatic rings. The summed E-state index contributed by atoms with van der Waals surface area (Å²) in [6.45, 7) is 33.6. The molecular formula is C74H78BN3O. The van der Waals surface area contributed by atoms with E-state index in [1.807, 2.05) is 0 Å². The third kappa shape index (κ3) is 8.22. The van der Waals surface area contributed by atoms with Gasteiger partial charge in [0.05, 0.1) is 5.69 Å². The minimum atomic E-state index is -0.195. The van der Waals surface area contributed by atoms with Crippen LogP contribution in [0.1, 0.15) is 156 Å². The lowest BCUT2D eigenvalue weighted by Crippen LogP contribution is -2.61. The highest BCUT2D eigenvalue weighted by atomic mass is 16.4. The summed E-state index contributed by atoms with van der Waals surface area (Å²) >= 11 is 0. The molecule has 9 aromatic rings. The fourth-order valence-corrected chi connectivity index (χ4v) is 14.0. The second-order valence-electron chi connectivity index (χ2n) is 28.4. The Bertz CT molecular complexity index is 3830. The molecule has 0 unspecified atom stereocenters. The molecule has 4 nitrogen and oxygen atoms in total. The normalized spacial score (nSPS) is 17.4. The number of anilines is 9. The quantitative estimate of drug-likeness (QED) is 0.155. The minimum absolute atomic E-state index is 0.00301. The van der Waals surface area contributed by atoms with Crippen LogP contribution in [0.5, 0.6) is 0 Å². The maximum Gasteiger partial charge on any atom is 0.257 e. The van der Waals surface area contributed by atoms with Gasteiger partial charge in [-0.25, -0.2) is 0 Å². The van der Waals surface area contributed by atoms with Gasteiger partial charge in [-0.2, -0.15) is 0 Å². The maximum atomic E-state index is 7.67. The van der Waals surface area contributed by atoms with E-state index in [-0.39, 0.29) is 39.2 Å². The lowest BCUT2D eigenvalue weighted by molar-refractivity contribution is 0.332. The van der Waals surface area contributed by atoms with Crippen molar-refractivity contribution < 1.29 is 4.42 Å². The molecule has 79 heavy (non-hydrogen) atoms. The Labute approximate surface area is 471 Å². The second-order valence-corrected chi connectivity index (χ2v) is 28.4. The standard InChI is InChI=1S/C74H78BN3O/c1-69(2,3)48-30-32-52(33-31-48)77-63-40-49(70(4,5)6)41-64-67(63)75(66-55-43-56-59(46-65(55)79-68(66)77)74(13,14)39-36-71(56,7)8)60-44-57-58(73(11,12)38-37-72(57,9)10)45-62(60)78(64)61-35-34-53(42-54(61)47-24-18-15-19-25-47)76(50-26-20-16-21-27-50)51-28-22-17-23-29-51/h15-35,40-46H,36-39H2,1-14H3. The first-order valence-electron chi connectivity index (χ1n) is 29.2. The molecule has 5 heteroatoms. The van der Waals surface area contributed by atoms with E-state index in [0.29, 0.717) is 0 Å². The van der Waals surface area contributed by atoms with E-state index in [4.69, 9.17) is 4.42 Å². The number of furan rings is 1. The van der Waals surface area contributed by atoms with Crippen molar-refractivity contribution >= 4 is 85.5 Å². The fraction of sp³-hybridized carbons (Fsp3) is 0.324. The van der Waals surface area contributed by atoms with Crippen molar-refractivity contribution in [2.24, 2.45) is 0 Å². The fourth-order valence-electron chi connectivity index (χ4n) is 14.0.